The molecule has 0 bridgehead atoms. The first-order valence-electron chi connectivity index (χ1n) is 5.21. The molecule has 0 radical (unpaired) electrons. The Balaban J connectivity index is 1.92. The van der Waals surface area contributed by atoms with Crippen LogP contribution in [0.2, 0.25) is 5.02 Å². The zero-order chi connectivity index (χ0) is 13.4. The Bertz CT molecular complexity index is 767. The number of nitrogens with two attached hydrogens (primary N) is 1. The zero-order valence-corrected chi connectivity index (χ0v) is 11.0. The van der Waals surface area contributed by atoms with Gasteiger partial charge in [0.1, 0.15) is 11.2 Å². The molecule has 19 heavy (non-hydrogen) atoms. The fourth-order valence-electron chi connectivity index (χ4n) is 1.50. The number of hydrogen-bond acceptors (Lipinski definition) is 6. The van der Waals surface area contributed by atoms with Crippen LogP contribution in [0.25, 0.3) is 11.1 Å². The third-order valence-corrected chi connectivity index (χ3v) is 3.39. The van der Waals surface area contributed by atoms with E-state index < -0.39 is 5.91 Å². The van der Waals surface area contributed by atoms with Crippen molar-refractivity contribution in [3.8, 4) is 0 Å². The number of hydrogen-bond donors (Lipinski definition) is 2. The van der Waals surface area contributed by atoms with Crippen LogP contribution >= 0.6 is 22.9 Å². The van der Waals surface area contributed by atoms with Gasteiger partial charge in [-0.2, -0.15) is 4.98 Å². The molecule has 3 rings (SSSR count). The van der Waals surface area contributed by atoms with Gasteiger partial charge in [-0.3, -0.25) is 10.1 Å². The molecule has 1 aromatic carbocycles. The Morgan fingerprint density at radius 1 is 1.42 bits per heavy atom. The number of fused-ring (bicyclic) bond motifs is 1. The molecule has 0 atom stereocenters. The number of oxazole rings is 1. The van der Waals surface area contributed by atoms with E-state index in [1.54, 1.807) is 23.6 Å². The number of benzene rings is 1. The van der Waals surface area contributed by atoms with Crippen molar-refractivity contribution in [2.45, 2.75) is 0 Å². The predicted octanol–water partition coefficient (Wildman–Crippen LogP) is 2.78. The maximum absolute atomic E-state index is 10.9. The molecule has 0 aliphatic rings. The molecule has 1 amide bonds. The molecule has 0 unspecified atom stereocenters. The van der Waals surface area contributed by atoms with Crippen molar-refractivity contribution in [3.05, 3.63) is 34.3 Å². The van der Waals surface area contributed by atoms with Crippen molar-refractivity contribution < 1.29 is 9.21 Å². The molecule has 0 spiro atoms. The first kappa shape index (κ1) is 11.9. The van der Waals surface area contributed by atoms with Gasteiger partial charge in [-0.25, -0.2) is 4.98 Å². The minimum Gasteiger partial charge on any atom is -0.422 e. The second-order valence-electron chi connectivity index (χ2n) is 3.63. The second-order valence-corrected chi connectivity index (χ2v) is 4.90. The Morgan fingerprint density at radius 2 is 2.26 bits per heavy atom. The molecule has 2 aromatic heterocycles. The van der Waals surface area contributed by atoms with E-state index in [2.05, 4.69) is 15.3 Å². The Hall–Kier alpha value is -2.12. The van der Waals surface area contributed by atoms with Gasteiger partial charge in [0.15, 0.2) is 10.7 Å². The zero-order valence-electron chi connectivity index (χ0n) is 9.38. The number of carbonyl (C=O) groups is 1. The molecule has 8 heteroatoms. The summed E-state index contributed by atoms with van der Waals surface area (Å²) in [6, 6.07) is 5.54. The molecule has 96 valence electrons. The van der Waals surface area contributed by atoms with E-state index >= 15 is 0 Å². The lowest BCUT2D eigenvalue weighted by Gasteiger charge is -1.93. The molecule has 0 fully saturated rings. The highest BCUT2D eigenvalue weighted by Gasteiger charge is 2.11. The number of amides is 1. The first-order valence-corrected chi connectivity index (χ1v) is 6.46. The summed E-state index contributed by atoms with van der Waals surface area (Å²) in [6.45, 7) is 0. The summed E-state index contributed by atoms with van der Waals surface area (Å²) in [5, 5.41) is 5.37. The van der Waals surface area contributed by atoms with Gasteiger partial charge in [0.05, 0.1) is 5.02 Å². The van der Waals surface area contributed by atoms with Gasteiger partial charge >= 0.3 is 6.01 Å². The van der Waals surface area contributed by atoms with Crippen LogP contribution in [0, 0.1) is 0 Å². The number of rotatable bonds is 3. The SMILES string of the molecule is NC(=O)c1csc(Nc2nc3cccc(Cl)c3o2)n1. The standard InChI is InChI=1S/C11H7ClN4O2S/c12-5-2-1-3-6-8(5)18-10(14-6)16-11-15-7(4-19-11)9(13)17/h1-4H,(H2,13,17)(H,14,15,16). The van der Waals surface area contributed by atoms with Crippen LogP contribution in [-0.2, 0) is 0 Å². The van der Waals surface area contributed by atoms with Crippen LogP contribution in [0.1, 0.15) is 10.5 Å². The number of nitrogens with one attached hydrogen (secondary N) is 1. The van der Waals surface area contributed by atoms with Crippen molar-refractivity contribution in [1.82, 2.24) is 9.97 Å². The lowest BCUT2D eigenvalue weighted by atomic mass is 10.3. The first-order chi connectivity index (χ1) is 9.13. The van der Waals surface area contributed by atoms with Crippen molar-refractivity contribution in [1.29, 1.82) is 0 Å². The van der Waals surface area contributed by atoms with Gasteiger partial charge in [-0.1, -0.05) is 17.7 Å². The molecular weight excluding hydrogens is 288 g/mol. The van der Waals surface area contributed by atoms with E-state index in [-0.39, 0.29) is 11.7 Å². The van der Waals surface area contributed by atoms with Crippen LogP contribution in [0.15, 0.2) is 28.0 Å². The van der Waals surface area contributed by atoms with E-state index in [0.29, 0.717) is 21.3 Å². The Labute approximate surface area is 116 Å². The molecule has 0 saturated carbocycles. The quantitative estimate of drug-likeness (QED) is 0.774. The molecule has 3 N–H and O–H groups in total. The molecule has 0 aliphatic heterocycles. The maximum atomic E-state index is 10.9. The van der Waals surface area contributed by atoms with Crippen molar-refractivity contribution >= 4 is 51.1 Å². The van der Waals surface area contributed by atoms with Crippen LogP contribution < -0.4 is 11.1 Å². The second kappa shape index (κ2) is 4.52. The van der Waals surface area contributed by atoms with Crippen LogP contribution in [-0.4, -0.2) is 15.9 Å². The average molecular weight is 295 g/mol. The van der Waals surface area contributed by atoms with E-state index in [0.717, 1.165) is 0 Å². The normalized spacial score (nSPS) is 10.8. The van der Waals surface area contributed by atoms with Crippen LogP contribution in [0.5, 0.6) is 0 Å². The number of anilines is 2. The van der Waals surface area contributed by atoms with Gasteiger partial charge in [-0.05, 0) is 12.1 Å². The van der Waals surface area contributed by atoms with Crippen molar-refractivity contribution in [3.63, 3.8) is 0 Å². The predicted molar refractivity (Wildman–Crippen MR) is 72.9 cm³/mol. The maximum Gasteiger partial charge on any atom is 0.302 e. The summed E-state index contributed by atoms with van der Waals surface area (Å²) in [7, 11) is 0. The molecule has 0 saturated heterocycles. The average Bonchev–Trinajstić information content (AvgIpc) is 2.96. The lowest BCUT2D eigenvalue weighted by molar-refractivity contribution is 0.0996. The summed E-state index contributed by atoms with van der Waals surface area (Å²) in [6.07, 6.45) is 0. The van der Waals surface area contributed by atoms with Gasteiger partial charge < -0.3 is 10.2 Å². The van der Waals surface area contributed by atoms with Gasteiger partial charge in [0.25, 0.3) is 5.91 Å². The summed E-state index contributed by atoms with van der Waals surface area (Å²) in [5.41, 5.74) is 6.46. The number of para-hydroxylation sites is 1. The number of thiazole rings is 1. The number of aromatic nitrogens is 2. The largest absolute Gasteiger partial charge is 0.422 e. The summed E-state index contributed by atoms with van der Waals surface area (Å²) < 4.78 is 5.47. The van der Waals surface area contributed by atoms with E-state index in [1.165, 1.54) is 11.3 Å². The fourth-order valence-corrected chi connectivity index (χ4v) is 2.40. The third-order valence-electron chi connectivity index (χ3n) is 2.34. The molecule has 0 aliphatic carbocycles. The Morgan fingerprint density at radius 3 is 2.95 bits per heavy atom. The number of nitrogens with zero attached hydrogens (tertiary/aromatic N) is 2. The van der Waals surface area contributed by atoms with E-state index in [9.17, 15) is 4.79 Å². The number of halogens is 1. The van der Waals surface area contributed by atoms with Crippen molar-refractivity contribution in [2.24, 2.45) is 5.73 Å². The molecule has 2 heterocycles. The molecular formula is C11H7ClN4O2S. The summed E-state index contributed by atoms with van der Waals surface area (Å²) in [4.78, 5) is 19.1. The van der Waals surface area contributed by atoms with Crippen LogP contribution in [0.4, 0.5) is 11.1 Å². The van der Waals surface area contributed by atoms with Gasteiger partial charge in [-0.15, -0.1) is 11.3 Å². The van der Waals surface area contributed by atoms with Crippen molar-refractivity contribution in [2.75, 3.05) is 5.32 Å². The minimum absolute atomic E-state index is 0.196. The third kappa shape index (κ3) is 2.25. The molecule has 3 aromatic rings. The lowest BCUT2D eigenvalue weighted by Crippen LogP contribution is -2.11. The van der Waals surface area contributed by atoms with Gasteiger partial charge in [0, 0.05) is 5.38 Å². The Kier molecular flexibility index (Phi) is 2.84. The van der Waals surface area contributed by atoms with Gasteiger partial charge in [0.2, 0.25) is 0 Å². The smallest absolute Gasteiger partial charge is 0.302 e. The van der Waals surface area contributed by atoms with Crippen LogP contribution in [0.3, 0.4) is 0 Å². The van der Waals surface area contributed by atoms with E-state index in [1.807, 2.05) is 0 Å². The monoisotopic (exact) mass is 294 g/mol. The highest BCUT2D eigenvalue weighted by molar-refractivity contribution is 7.14. The number of carbonyl (C=O) groups excluding carboxylic acids is 1. The molecule has 6 nitrogen and oxygen atoms in total. The topological polar surface area (TPSA) is 94.0 Å². The highest BCUT2D eigenvalue weighted by Crippen LogP contribution is 2.28. The highest BCUT2D eigenvalue weighted by atomic mass is 35.5. The fraction of sp³-hybridized carbons (Fsp3) is 0. The summed E-state index contributed by atoms with van der Waals surface area (Å²) >= 11 is 7.21. The van der Waals surface area contributed by atoms with E-state index in [4.69, 9.17) is 21.8 Å². The minimum atomic E-state index is -0.579. The summed E-state index contributed by atoms with van der Waals surface area (Å²) in [5.74, 6) is -0.579. The number of primary amides is 1.